The molecule has 0 N–H and O–H groups in total. The number of hydrogen-bond donors (Lipinski definition) is 0. The van der Waals surface area contributed by atoms with Crippen molar-refractivity contribution in [2.45, 2.75) is 39.2 Å². The molecule has 5 rings (SSSR count). The molecule has 1 aromatic heterocycles. The molecule has 1 saturated heterocycles. The average molecular weight is 423 g/mol. The SMILES string of the molecule is CC1(C)C2CCC13CS(=O)(=O)N(C(=O)C(=Cc1ccccc1)c1ccncc1)C3C2. The molecule has 3 atom stereocenters. The van der Waals surface area contributed by atoms with E-state index in [9.17, 15) is 13.2 Å². The maximum atomic E-state index is 13.9. The molecule has 1 aromatic carbocycles. The Balaban J connectivity index is 1.62. The van der Waals surface area contributed by atoms with Gasteiger partial charge in [-0.3, -0.25) is 9.78 Å². The Hall–Kier alpha value is -2.47. The fraction of sp³-hybridized carbons (Fsp3) is 0.417. The zero-order valence-electron chi connectivity index (χ0n) is 17.3. The van der Waals surface area contributed by atoms with Crippen LogP contribution in [0, 0.1) is 16.7 Å². The first-order valence-electron chi connectivity index (χ1n) is 10.5. The summed E-state index contributed by atoms with van der Waals surface area (Å²) in [6.07, 6.45) is 7.75. The van der Waals surface area contributed by atoms with Gasteiger partial charge in [-0.15, -0.1) is 0 Å². The maximum Gasteiger partial charge on any atom is 0.268 e. The first-order chi connectivity index (χ1) is 14.3. The van der Waals surface area contributed by atoms with Gasteiger partial charge < -0.3 is 0 Å². The topological polar surface area (TPSA) is 67.3 Å². The van der Waals surface area contributed by atoms with Gasteiger partial charge in [0.15, 0.2) is 0 Å². The first-order valence-corrected chi connectivity index (χ1v) is 12.1. The van der Waals surface area contributed by atoms with Crippen molar-refractivity contribution in [3.05, 3.63) is 66.0 Å². The summed E-state index contributed by atoms with van der Waals surface area (Å²) in [6.45, 7) is 4.38. The van der Waals surface area contributed by atoms with Crippen molar-refractivity contribution < 1.29 is 13.2 Å². The number of fused-ring (bicyclic) bond motifs is 1. The van der Waals surface area contributed by atoms with Crippen LogP contribution in [-0.4, -0.2) is 35.4 Å². The van der Waals surface area contributed by atoms with Crippen molar-refractivity contribution >= 4 is 27.6 Å². The highest BCUT2D eigenvalue weighted by molar-refractivity contribution is 7.90. The van der Waals surface area contributed by atoms with E-state index >= 15 is 0 Å². The van der Waals surface area contributed by atoms with Gasteiger partial charge in [-0.2, -0.15) is 0 Å². The molecule has 2 saturated carbocycles. The van der Waals surface area contributed by atoms with Gasteiger partial charge in [-0.05, 0) is 59.9 Å². The Morgan fingerprint density at radius 2 is 1.83 bits per heavy atom. The molecule has 3 fully saturated rings. The summed E-state index contributed by atoms with van der Waals surface area (Å²) in [5.41, 5.74) is 1.53. The minimum atomic E-state index is -3.68. The summed E-state index contributed by atoms with van der Waals surface area (Å²) in [5, 5.41) is 0. The Kier molecular flexibility index (Phi) is 4.23. The second kappa shape index (κ2) is 6.51. The predicted octanol–water partition coefficient (Wildman–Crippen LogP) is 3.99. The third-order valence-corrected chi connectivity index (χ3v) is 9.84. The number of carbonyl (C=O) groups is 1. The van der Waals surface area contributed by atoms with Gasteiger partial charge in [0.2, 0.25) is 10.0 Å². The molecule has 30 heavy (non-hydrogen) atoms. The quantitative estimate of drug-likeness (QED) is 0.702. The van der Waals surface area contributed by atoms with Crippen LogP contribution >= 0.6 is 0 Å². The average Bonchev–Trinajstić information content (AvgIpc) is 3.21. The minimum Gasteiger partial charge on any atom is -0.268 e. The van der Waals surface area contributed by atoms with Crippen molar-refractivity contribution in [3.63, 3.8) is 0 Å². The van der Waals surface area contributed by atoms with Crippen LogP contribution in [0.15, 0.2) is 54.9 Å². The lowest BCUT2D eigenvalue weighted by Gasteiger charge is -2.37. The Bertz CT molecular complexity index is 1130. The number of amides is 1. The number of nitrogens with zero attached hydrogens (tertiary/aromatic N) is 2. The molecule has 0 radical (unpaired) electrons. The van der Waals surface area contributed by atoms with E-state index < -0.39 is 15.9 Å². The summed E-state index contributed by atoms with van der Waals surface area (Å²) in [5.74, 6) is 0.126. The Morgan fingerprint density at radius 3 is 2.50 bits per heavy atom. The van der Waals surface area contributed by atoms with E-state index in [1.807, 2.05) is 30.3 Å². The van der Waals surface area contributed by atoms with E-state index in [1.54, 1.807) is 30.6 Å². The zero-order chi connectivity index (χ0) is 21.1. The van der Waals surface area contributed by atoms with Gasteiger partial charge in [0.1, 0.15) is 0 Å². The second-order valence-electron chi connectivity index (χ2n) is 9.43. The molecule has 2 aromatic rings. The van der Waals surface area contributed by atoms with Crippen LogP contribution in [0.5, 0.6) is 0 Å². The van der Waals surface area contributed by atoms with Crippen LogP contribution < -0.4 is 0 Å². The van der Waals surface area contributed by atoms with Gasteiger partial charge in [0.05, 0.1) is 11.8 Å². The molecule has 5 nitrogen and oxygen atoms in total. The van der Waals surface area contributed by atoms with Crippen LogP contribution in [0.25, 0.3) is 11.6 Å². The van der Waals surface area contributed by atoms with Crippen LogP contribution in [0.1, 0.15) is 44.2 Å². The van der Waals surface area contributed by atoms with Gasteiger partial charge in [0.25, 0.3) is 5.91 Å². The van der Waals surface area contributed by atoms with E-state index in [2.05, 4.69) is 18.8 Å². The van der Waals surface area contributed by atoms with Crippen molar-refractivity contribution in [1.82, 2.24) is 9.29 Å². The number of rotatable bonds is 3. The van der Waals surface area contributed by atoms with Crippen LogP contribution in [0.2, 0.25) is 0 Å². The van der Waals surface area contributed by atoms with E-state index in [0.717, 1.165) is 24.8 Å². The third-order valence-electron chi connectivity index (χ3n) is 7.94. The number of carbonyl (C=O) groups excluding carboxylic acids is 1. The fourth-order valence-electron chi connectivity index (χ4n) is 6.19. The molecule has 1 spiro atoms. The molecule has 156 valence electrons. The number of hydrogen-bond acceptors (Lipinski definition) is 4. The van der Waals surface area contributed by atoms with E-state index in [0.29, 0.717) is 17.1 Å². The molecular formula is C24H26N2O3S. The van der Waals surface area contributed by atoms with Crippen LogP contribution in [-0.2, 0) is 14.8 Å². The Labute approximate surface area is 177 Å². The summed E-state index contributed by atoms with van der Waals surface area (Å²) in [4.78, 5) is 17.9. The van der Waals surface area contributed by atoms with Gasteiger partial charge in [-0.1, -0.05) is 44.2 Å². The summed E-state index contributed by atoms with van der Waals surface area (Å²) < 4.78 is 27.9. The molecule has 2 aliphatic carbocycles. The van der Waals surface area contributed by atoms with Crippen molar-refractivity contribution in [2.24, 2.45) is 16.7 Å². The Morgan fingerprint density at radius 1 is 1.13 bits per heavy atom. The van der Waals surface area contributed by atoms with Gasteiger partial charge in [-0.25, -0.2) is 12.7 Å². The second-order valence-corrected chi connectivity index (χ2v) is 11.3. The van der Waals surface area contributed by atoms with E-state index in [1.165, 1.54) is 4.31 Å². The largest absolute Gasteiger partial charge is 0.268 e. The normalized spacial score (nSPS) is 31.0. The maximum absolute atomic E-state index is 13.9. The fourth-order valence-corrected chi connectivity index (χ4v) is 8.72. The van der Waals surface area contributed by atoms with E-state index in [4.69, 9.17) is 0 Å². The highest BCUT2D eigenvalue weighted by Crippen LogP contribution is 2.70. The zero-order valence-corrected chi connectivity index (χ0v) is 18.1. The van der Waals surface area contributed by atoms with E-state index in [-0.39, 0.29) is 22.6 Å². The number of pyridine rings is 1. The summed E-state index contributed by atoms with van der Waals surface area (Å²) in [7, 11) is -3.68. The molecule has 1 aliphatic heterocycles. The first kappa shape index (κ1) is 19.5. The molecule has 3 aliphatic rings. The number of sulfonamides is 1. The van der Waals surface area contributed by atoms with Gasteiger partial charge >= 0.3 is 0 Å². The molecule has 6 heteroatoms. The number of benzene rings is 1. The highest BCUT2D eigenvalue weighted by atomic mass is 32.2. The molecular weight excluding hydrogens is 396 g/mol. The smallest absolute Gasteiger partial charge is 0.268 e. The highest BCUT2D eigenvalue weighted by Gasteiger charge is 2.72. The van der Waals surface area contributed by atoms with Crippen molar-refractivity contribution in [2.75, 3.05) is 5.75 Å². The summed E-state index contributed by atoms with van der Waals surface area (Å²) in [6, 6.07) is 12.8. The minimum absolute atomic E-state index is 0.0697. The third kappa shape index (κ3) is 2.62. The summed E-state index contributed by atoms with van der Waals surface area (Å²) >= 11 is 0. The lowest BCUT2D eigenvalue weighted by Crippen LogP contribution is -2.44. The molecule has 3 unspecified atom stereocenters. The lowest BCUT2D eigenvalue weighted by molar-refractivity contribution is -0.123. The van der Waals surface area contributed by atoms with Crippen LogP contribution in [0.3, 0.4) is 0 Å². The molecule has 1 amide bonds. The van der Waals surface area contributed by atoms with Gasteiger partial charge in [0, 0.05) is 23.4 Å². The predicted molar refractivity (Wildman–Crippen MR) is 117 cm³/mol. The number of aromatic nitrogens is 1. The lowest BCUT2D eigenvalue weighted by atomic mass is 9.69. The van der Waals surface area contributed by atoms with Crippen LogP contribution in [0.4, 0.5) is 0 Å². The standard InChI is InChI=1S/C24H26N2O3S/c1-23(2)19-8-11-24(23)16-30(28,29)26(21(24)15-19)22(27)20(18-9-12-25-13-10-18)14-17-6-4-3-5-7-17/h3-7,9-10,12-14,19,21H,8,11,15-16H2,1-2H3. The monoisotopic (exact) mass is 422 g/mol. The molecule has 2 heterocycles. The van der Waals surface area contributed by atoms with Crippen molar-refractivity contribution in [3.8, 4) is 0 Å². The van der Waals surface area contributed by atoms with Crippen molar-refractivity contribution in [1.29, 1.82) is 0 Å². The molecule has 2 bridgehead atoms.